The molecule has 0 radical (unpaired) electrons. The third-order valence-electron chi connectivity index (χ3n) is 2.86. The minimum Gasteiger partial charge on any atom is -0.504 e. The Morgan fingerprint density at radius 2 is 2.16 bits per heavy atom. The number of aromatic hydroxyl groups is 1. The molecule has 1 aromatic rings. The Morgan fingerprint density at radius 3 is 2.63 bits per heavy atom. The number of phenolic OH excluding ortho intramolecular Hbond substituents is 1. The summed E-state index contributed by atoms with van der Waals surface area (Å²) >= 11 is 0. The van der Waals surface area contributed by atoms with Gasteiger partial charge in [-0.15, -0.1) is 0 Å². The number of benzene rings is 1. The quantitative estimate of drug-likeness (QED) is 0.735. The second kappa shape index (κ2) is 6.99. The lowest BCUT2D eigenvalue weighted by atomic mass is 9.96. The molecule has 1 amide bonds. The first-order valence-corrected chi connectivity index (χ1v) is 6.35. The molecule has 4 N–H and O–H groups in total. The van der Waals surface area contributed by atoms with E-state index in [1.807, 2.05) is 0 Å². The van der Waals surface area contributed by atoms with Crippen LogP contribution in [0, 0.1) is 11.8 Å². The number of carbonyl (C=O) groups is 1. The molecule has 0 aliphatic heterocycles. The molecule has 0 heterocycles. The van der Waals surface area contributed by atoms with Gasteiger partial charge in [0, 0.05) is 18.3 Å². The van der Waals surface area contributed by atoms with Crippen LogP contribution < -0.4 is 15.8 Å². The highest BCUT2D eigenvalue weighted by Crippen LogP contribution is 2.28. The third kappa shape index (κ3) is 4.44. The maximum absolute atomic E-state index is 12.0. The summed E-state index contributed by atoms with van der Waals surface area (Å²) in [6.07, 6.45) is 0.741. The van der Waals surface area contributed by atoms with Crippen LogP contribution in [0.25, 0.3) is 0 Å². The molecule has 5 nitrogen and oxygen atoms in total. The number of hydrogen-bond acceptors (Lipinski definition) is 4. The topological polar surface area (TPSA) is 84.6 Å². The van der Waals surface area contributed by atoms with E-state index >= 15 is 0 Å². The zero-order valence-corrected chi connectivity index (χ0v) is 11.6. The largest absolute Gasteiger partial charge is 0.504 e. The number of nitrogens with two attached hydrogens (primary N) is 1. The molecule has 1 unspecified atom stereocenters. The first-order chi connectivity index (χ1) is 8.97. The van der Waals surface area contributed by atoms with E-state index in [-0.39, 0.29) is 17.6 Å². The average Bonchev–Trinajstić information content (AvgIpc) is 2.35. The molecule has 0 spiro atoms. The van der Waals surface area contributed by atoms with E-state index in [0.717, 1.165) is 6.42 Å². The number of carbonyl (C=O) groups excluding carboxylic acids is 1. The normalized spacial score (nSPS) is 12.3. The van der Waals surface area contributed by atoms with E-state index in [1.165, 1.54) is 13.2 Å². The first-order valence-electron chi connectivity index (χ1n) is 6.35. The second-order valence-electron chi connectivity index (χ2n) is 4.94. The fourth-order valence-corrected chi connectivity index (χ4v) is 1.89. The van der Waals surface area contributed by atoms with Crippen LogP contribution in [0.4, 0.5) is 5.69 Å². The van der Waals surface area contributed by atoms with Crippen LogP contribution in [0.3, 0.4) is 0 Å². The van der Waals surface area contributed by atoms with Crippen LogP contribution in [-0.2, 0) is 4.79 Å². The van der Waals surface area contributed by atoms with Gasteiger partial charge in [-0.2, -0.15) is 0 Å². The highest BCUT2D eigenvalue weighted by molar-refractivity contribution is 5.93. The van der Waals surface area contributed by atoms with Crippen molar-refractivity contribution in [1.82, 2.24) is 0 Å². The lowest BCUT2D eigenvalue weighted by Gasteiger charge is -2.17. The summed E-state index contributed by atoms with van der Waals surface area (Å²) in [4.78, 5) is 12.0. The van der Waals surface area contributed by atoms with Crippen molar-refractivity contribution in [2.24, 2.45) is 17.6 Å². The van der Waals surface area contributed by atoms with Gasteiger partial charge >= 0.3 is 0 Å². The summed E-state index contributed by atoms with van der Waals surface area (Å²) in [7, 11) is 1.47. The lowest BCUT2D eigenvalue weighted by Crippen LogP contribution is -2.30. The van der Waals surface area contributed by atoms with E-state index in [2.05, 4.69) is 19.2 Å². The molecule has 1 rings (SSSR count). The second-order valence-corrected chi connectivity index (χ2v) is 4.94. The molecule has 0 saturated carbocycles. The van der Waals surface area contributed by atoms with Crippen LogP contribution in [-0.4, -0.2) is 24.7 Å². The Bertz CT molecular complexity index is 433. The van der Waals surface area contributed by atoms with Crippen molar-refractivity contribution >= 4 is 11.6 Å². The molecule has 0 bridgehead atoms. The lowest BCUT2D eigenvalue weighted by molar-refractivity contribution is -0.120. The molecule has 19 heavy (non-hydrogen) atoms. The molecule has 1 atom stereocenters. The van der Waals surface area contributed by atoms with Gasteiger partial charge in [-0.1, -0.05) is 13.8 Å². The van der Waals surface area contributed by atoms with Crippen molar-refractivity contribution in [3.8, 4) is 11.5 Å². The maximum atomic E-state index is 12.0. The summed E-state index contributed by atoms with van der Waals surface area (Å²) in [5.74, 6) is 0.428. The van der Waals surface area contributed by atoms with Gasteiger partial charge in [-0.3, -0.25) is 4.79 Å². The SMILES string of the molecule is COc1ccc(NC(=O)C(CN)CC(C)C)cc1O. The van der Waals surface area contributed by atoms with Gasteiger partial charge in [0.25, 0.3) is 0 Å². The van der Waals surface area contributed by atoms with Crippen molar-refractivity contribution in [2.45, 2.75) is 20.3 Å². The third-order valence-corrected chi connectivity index (χ3v) is 2.86. The van der Waals surface area contributed by atoms with Gasteiger partial charge in [0.15, 0.2) is 11.5 Å². The molecule has 106 valence electrons. The summed E-state index contributed by atoms with van der Waals surface area (Å²) < 4.78 is 4.94. The number of methoxy groups -OCH3 is 1. The predicted molar refractivity (Wildman–Crippen MR) is 75.3 cm³/mol. The predicted octanol–water partition coefficient (Wildman–Crippen LogP) is 1.96. The summed E-state index contributed by atoms with van der Waals surface area (Å²) in [5.41, 5.74) is 6.15. The van der Waals surface area contributed by atoms with E-state index in [9.17, 15) is 9.90 Å². The number of rotatable bonds is 6. The highest BCUT2D eigenvalue weighted by Gasteiger charge is 2.18. The van der Waals surface area contributed by atoms with Crippen LogP contribution in [0.5, 0.6) is 11.5 Å². The van der Waals surface area contributed by atoms with E-state index in [1.54, 1.807) is 12.1 Å². The Morgan fingerprint density at radius 1 is 1.47 bits per heavy atom. The number of amides is 1. The molecule has 0 aliphatic carbocycles. The van der Waals surface area contributed by atoms with Gasteiger partial charge in [-0.25, -0.2) is 0 Å². The monoisotopic (exact) mass is 266 g/mol. The maximum Gasteiger partial charge on any atom is 0.228 e. The van der Waals surface area contributed by atoms with Crippen molar-refractivity contribution in [1.29, 1.82) is 0 Å². The molecule has 0 saturated heterocycles. The van der Waals surface area contributed by atoms with Crippen molar-refractivity contribution in [2.75, 3.05) is 19.0 Å². The molecule has 0 aliphatic rings. The van der Waals surface area contributed by atoms with Crippen LogP contribution in [0.15, 0.2) is 18.2 Å². The molecule has 1 aromatic carbocycles. The molecule has 0 fully saturated rings. The van der Waals surface area contributed by atoms with Crippen molar-refractivity contribution in [3.63, 3.8) is 0 Å². The smallest absolute Gasteiger partial charge is 0.228 e. The standard InChI is InChI=1S/C14H22N2O3/c1-9(2)6-10(8-15)14(18)16-11-4-5-13(19-3)12(17)7-11/h4-5,7,9-10,17H,6,8,15H2,1-3H3,(H,16,18). The minimum absolute atomic E-state index is 0.00606. The number of nitrogens with one attached hydrogen (secondary N) is 1. The fraction of sp³-hybridized carbons (Fsp3) is 0.500. The number of phenols is 1. The first kappa shape index (κ1) is 15.3. The van der Waals surface area contributed by atoms with Gasteiger partial charge in [0.05, 0.1) is 13.0 Å². The molecule has 5 heteroatoms. The molecule has 0 aromatic heterocycles. The van der Waals surface area contributed by atoms with Gasteiger partial charge < -0.3 is 20.9 Å². The fourth-order valence-electron chi connectivity index (χ4n) is 1.89. The molecular weight excluding hydrogens is 244 g/mol. The van der Waals surface area contributed by atoms with E-state index in [0.29, 0.717) is 23.9 Å². The van der Waals surface area contributed by atoms with Crippen molar-refractivity contribution in [3.05, 3.63) is 18.2 Å². The Labute approximate surface area is 113 Å². The van der Waals surface area contributed by atoms with Crippen LogP contribution in [0.2, 0.25) is 0 Å². The van der Waals surface area contributed by atoms with Crippen molar-refractivity contribution < 1.29 is 14.6 Å². The summed E-state index contributed by atoms with van der Waals surface area (Å²) in [6.45, 7) is 4.41. The number of hydrogen-bond donors (Lipinski definition) is 3. The minimum atomic E-state index is -0.218. The number of ether oxygens (including phenoxy) is 1. The zero-order valence-electron chi connectivity index (χ0n) is 11.6. The summed E-state index contributed by atoms with van der Waals surface area (Å²) in [5, 5.41) is 12.4. The highest BCUT2D eigenvalue weighted by atomic mass is 16.5. The van der Waals surface area contributed by atoms with Gasteiger partial charge in [0.2, 0.25) is 5.91 Å². The van der Waals surface area contributed by atoms with E-state index in [4.69, 9.17) is 10.5 Å². The van der Waals surface area contributed by atoms with Crippen LogP contribution in [0.1, 0.15) is 20.3 Å². The van der Waals surface area contributed by atoms with Gasteiger partial charge in [-0.05, 0) is 24.5 Å². The zero-order chi connectivity index (χ0) is 14.4. The Balaban J connectivity index is 2.72. The Kier molecular flexibility index (Phi) is 5.63. The number of anilines is 1. The van der Waals surface area contributed by atoms with Crippen LogP contribution >= 0.6 is 0 Å². The van der Waals surface area contributed by atoms with Gasteiger partial charge in [0.1, 0.15) is 0 Å². The molecular formula is C14H22N2O3. The summed E-state index contributed by atoms with van der Waals surface area (Å²) in [6, 6.07) is 4.74. The Hall–Kier alpha value is -1.75. The average molecular weight is 266 g/mol. The van der Waals surface area contributed by atoms with E-state index < -0.39 is 0 Å².